The van der Waals surface area contributed by atoms with Crippen LogP contribution in [0.25, 0.3) is 11.1 Å². The van der Waals surface area contributed by atoms with E-state index in [1.165, 1.54) is 24.3 Å². The Morgan fingerprint density at radius 3 is 2.35 bits per heavy atom. The molecule has 0 radical (unpaired) electrons. The number of hydrogen-bond acceptors (Lipinski definition) is 5. The van der Waals surface area contributed by atoms with Gasteiger partial charge in [-0.1, -0.05) is 19.1 Å². The van der Waals surface area contributed by atoms with Gasteiger partial charge in [-0.15, -0.1) is 0 Å². The number of alkyl halides is 3. The maximum absolute atomic E-state index is 12.6. The molecule has 2 rings (SSSR count). The first kappa shape index (κ1) is 19.9. The number of hydrogen-bond donors (Lipinski definition) is 1. The second-order valence-electron chi connectivity index (χ2n) is 5.38. The average molecular weight is 391 g/mol. The van der Waals surface area contributed by atoms with Crippen molar-refractivity contribution < 1.29 is 26.3 Å². The van der Waals surface area contributed by atoms with Gasteiger partial charge in [-0.2, -0.15) is 18.3 Å². The minimum Gasteiger partial charge on any atom is -0.487 e. The van der Waals surface area contributed by atoms with Gasteiger partial charge in [0.1, 0.15) is 6.54 Å². The molecular weight excluding hydrogens is 375 g/mol. The number of nitrogens with zero attached hydrogens (tertiary/aromatic N) is 2. The summed E-state index contributed by atoms with van der Waals surface area (Å²) >= 11 is 0. The van der Waals surface area contributed by atoms with Gasteiger partial charge in [-0.25, -0.2) is 18.2 Å². The lowest BCUT2D eigenvalue weighted by atomic mass is 10.1. The predicted octanol–water partition coefficient (Wildman–Crippen LogP) is 1.91. The van der Waals surface area contributed by atoms with Crippen LogP contribution in [-0.2, 0) is 16.6 Å². The molecule has 0 aliphatic heterocycles. The summed E-state index contributed by atoms with van der Waals surface area (Å²) in [5.41, 5.74) is -0.515. The van der Waals surface area contributed by atoms with Crippen LogP contribution in [0.1, 0.15) is 13.3 Å². The van der Waals surface area contributed by atoms with E-state index in [2.05, 4.69) is 5.10 Å². The van der Waals surface area contributed by atoms with Gasteiger partial charge in [-0.3, -0.25) is 4.79 Å². The smallest absolute Gasteiger partial charge is 0.408 e. The molecule has 0 saturated carbocycles. The zero-order chi connectivity index (χ0) is 19.5. The molecule has 26 heavy (non-hydrogen) atoms. The van der Waals surface area contributed by atoms with Gasteiger partial charge in [0.15, 0.2) is 5.75 Å². The molecule has 0 unspecified atom stereocenters. The van der Waals surface area contributed by atoms with Crippen LogP contribution in [0.3, 0.4) is 0 Å². The van der Waals surface area contributed by atoms with Crippen LogP contribution in [-0.4, -0.2) is 31.0 Å². The second-order valence-corrected chi connectivity index (χ2v) is 6.94. The average Bonchev–Trinajstić information content (AvgIpc) is 2.53. The summed E-state index contributed by atoms with van der Waals surface area (Å²) in [6, 6.07) is 5.16. The maximum Gasteiger partial charge on any atom is 0.408 e. The third-order valence-electron chi connectivity index (χ3n) is 3.27. The highest BCUT2D eigenvalue weighted by atomic mass is 32.2. The molecule has 1 heterocycles. The maximum atomic E-state index is 12.6. The van der Waals surface area contributed by atoms with E-state index in [9.17, 15) is 26.4 Å². The number of benzene rings is 1. The molecule has 142 valence electrons. The standard InChI is InChI=1S/C15H16F3N3O4S/c1-2-7-25-13-12(8-20-21(14(13)22)9-15(16,17)18)10-3-5-11(6-4-10)26(19,23)24/h3-6,8H,2,7,9H2,1H3,(H2,19,23,24). The van der Waals surface area contributed by atoms with Crippen molar-refractivity contribution in [3.63, 3.8) is 0 Å². The molecular formula is C15H16F3N3O4S. The number of primary sulfonamides is 1. The Labute approximate surface area is 147 Å². The summed E-state index contributed by atoms with van der Waals surface area (Å²) in [6.07, 6.45) is -3.01. The number of ether oxygens (including phenoxy) is 1. The van der Waals surface area contributed by atoms with Crippen LogP contribution in [0.5, 0.6) is 5.75 Å². The van der Waals surface area contributed by atoms with Crippen molar-refractivity contribution >= 4 is 10.0 Å². The van der Waals surface area contributed by atoms with Gasteiger partial charge in [-0.05, 0) is 24.1 Å². The fourth-order valence-corrected chi connectivity index (χ4v) is 2.64. The molecule has 7 nitrogen and oxygen atoms in total. The summed E-state index contributed by atoms with van der Waals surface area (Å²) in [7, 11) is -3.90. The third-order valence-corrected chi connectivity index (χ3v) is 4.20. The molecule has 2 N–H and O–H groups in total. The van der Waals surface area contributed by atoms with Crippen molar-refractivity contribution in [2.75, 3.05) is 6.61 Å². The Balaban J connectivity index is 2.54. The minimum absolute atomic E-state index is 0.119. The highest BCUT2D eigenvalue weighted by molar-refractivity contribution is 7.89. The largest absolute Gasteiger partial charge is 0.487 e. The lowest BCUT2D eigenvalue weighted by molar-refractivity contribution is -0.143. The van der Waals surface area contributed by atoms with Crippen molar-refractivity contribution in [1.82, 2.24) is 9.78 Å². The fourth-order valence-electron chi connectivity index (χ4n) is 2.13. The highest BCUT2D eigenvalue weighted by Crippen LogP contribution is 2.28. The summed E-state index contributed by atoms with van der Waals surface area (Å²) in [4.78, 5) is 12.2. The normalized spacial score (nSPS) is 12.2. The number of halogens is 3. The lowest BCUT2D eigenvalue weighted by Crippen LogP contribution is -2.31. The molecule has 0 amide bonds. The van der Waals surface area contributed by atoms with E-state index in [1.54, 1.807) is 6.92 Å². The van der Waals surface area contributed by atoms with Gasteiger partial charge < -0.3 is 4.74 Å². The molecule has 0 saturated heterocycles. The van der Waals surface area contributed by atoms with E-state index in [4.69, 9.17) is 9.88 Å². The van der Waals surface area contributed by atoms with Crippen LogP contribution < -0.4 is 15.4 Å². The van der Waals surface area contributed by atoms with Crippen LogP contribution in [0.4, 0.5) is 13.2 Å². The van der Waals surface area contributed by atoms with Crippen LogP contribution in [0, 0.1) is 0 Å². The van der Waals surface area contributed by atoms with Crippen LogP contribution in [0.15, 0.2) is 40.2 Å². The predicted molar refractivity (Wildman–Crippen MR) is 87.1 cm³/mol. The SMILES string of the molecule is CCCOc1c(-c2ccc(S(N)(=O)=O)cc2)cnn(CC(F)(F)F)c1=O. The summed E-state index contributed by atoms with van der Waals surface area (Å²) in [6.45, 7) is 0.350. The number of nitrogens with two attached hydrogens (primary N) is 1. The van der Waals surface area contributed by atoms with E-state index >= 15 is 0 Å². The second kappa shape index (κ2) is 7.46. The first-order chi connectivity index (χ1) is 12.0. The lowest BCUT2D eigenvalue weighted by Gasteiger charge is -2.14. The molecule has 2 aromatic rings. The Morgan fingerprint density at radius 2 is 1.85 bits per heavy atom. The first-order valence-electron chi connectivity index (χ1n) is 7.46. The fraction of sp³-hybridized carbons (Fsp3) is 0.333. The molecule has 0 spiro atoms. The Bertz CT molecular complexity index is 938. The number of aromatic nitrogens is 2. The molecule has 0 atom stereocenters. The summed E-state index contributed by atoms with van der Waals surface area (Å²) in [5.74, 6) is -0.283. The van der Waals surface area contributed by atoms with Gasteiger partial charge >= 0.3 is 11.7 Å². The molecule has 0 aliphatic rings. The molecule has 11 heteroatoms. The molecule has 0 bridgehead atoms. The van der Waals surface area contributed by atoms with Gasteiger partial charge in [0, 0.05) is 5.56 Å². The third kappa shape index (κ3) is 4.82. The van der Waals surface area contributed by atoms with Crippen molar-refractivity contribution in [3.05, 3.63) is 40.8 Å². The first-order valence-corrected chi connectivity index (χ1v) is 9.00. The molecule has 0 fully saturated rings. The van der Waals surface area contributed by atoms with Crippen molar-refractivity contribution in [1.29, 1.82) is 0 Å². The minimum atomic E-state index is -4.61. The highest BCUT2D eigenvalue weighted by Gasteiger charge is 2.30. The van der Waals surface area contributed by atoms with E-state index < -0.39 is 28.3 Å². The van der Waals surface area contributed by atoms with E-state index in [0.717, 1.165) is 6.20 Å². The monoisotopic (exact) mass is 391 g/mol. The van der Waals surface area contributed by atoms with Crippen molar-refractivity contribution in [3.8, 4) is 16.9 Å². The van der Waals surface area contributed by atoms with Crippen molar-refractivity contribution in [2.45, 2.75) is 31.0 Å². The van der Waals surface area contributed by atoms with Crippen molar-refractivity contribution in [2.24, 2.45) is 5.14 Å². The molecule has 0 aliphatic carbocycles. The van der Waals surface area contributed by atoms with E-state index in [-0.39, 0.29) is 27.5 Å². The summed E-state index contributed by atoms with van der Waals surface area (Å²) < 4.78 is 65.9. The Morgan fingerprint density at radius 1 is 1.23 bits per heavy atom. The number of rotatable bonds is 6. The van der Waals surface area contributed by atoms with E-state index in [0.29, 0.717) is 12.0 Å². The van der Waals surface area contributed by atoms with Crippen LogP contribution >= 0.6 is 0 Å². The molecule has 1 aromatic carbocycles. The van der Waals surface area contributed by atoms with Gasteiger partial charge in [0.05, 0.1) is 17.7 Å². The molecule has 1 aromatic heterocycles. The zero-order valence-corrected chi connectivity index (χ0v) is 14.5. The Hall–Kier alpha value is -2.40. The number of sulfonamides is 1. The van der Waals surface area contributed by atoms with E-state index in [1.807, 2.05) is 0 Å². The summed E-state index contributed by atoms with van der Waals surface area (Å²) in [5, 5.41) is 8.56. The Kier molecular flexibility index (Phi) is 5.71. The van der Waals surface area contributed by atoms with Crippen LogP contribution in [0.2, 0.25) is 0 Å². The quantitative estimate of drug-likeness (QED) is 0.810. The van der Waals surface area contributed by atoms with Gasteiger partial charge in [0.25, 0.3) is 0 Å². The zero-order valence-electron chi connectivity index (χ0n) is 13.7. The van der Waals surface area contributed by atoms with Gasteiger partial charge in [0.2, 0.25) is 10.0 Å². The topological polar surface area (TPSA) is 104 Å².